The minimum atomic E-state index is -0.957. The van der Waals surface area contributed by atoms with Gasteiger partial charge in [0.2, 0.25) is 0 Å². The molecule has 2 atom stereocenters. The van der Waals surface area contributed by atoms with Gasteiger partial charge in [-0.15, -0.1) is 6.58 Å². The van der Waals surface area contributed by atoms with Gasteiger partial charge in [0.25, 0.3) is 0 Å². The van der Waals surface area contributed by atoms with Crippen LogP contribution in [0.25, 0.3) is 0 Å². The summed E-state index contributed by atoms with van der Waals surface area (Å²) in [5.74, 6) is -1.64. The lowest BCUT2D eigenvalue weighted by Crippen LogP contribution is -2.24. The minimum Gasteiger partial charge on any atom is -0.481 e. The van der Waals surface area contributed by atoms with Gasteiger partial charge in [-0.25, -0.2) is 0 Å². The van der Waals surface area contributed by atoms with Crippen LogP contribution in [0.2, 0.25) is 0 Å². The number of aliphatic carboxylic acids is 1. The van der Waals surface area contributed by atoms with Crippen LogP contribution in [0.4, 0.5) is 0 Å². The van der Waals surface area contributed by atoms with E-state index in [0.717, 1.165) is 0 Å². The second-order valence-corrected chi connectivity index (χ2v) is 2.56. The third-order valence-electron chi connectivity index (χ3n) is 1.63. The maximum absolute atomic E-state index is 10.3. The molecule has 0 rings (SSSR count). The molecule has 0 saturated heterocycles. The van der Waals surface area contributed by atoms with E-state index in [4.69, 9.17) is 5.11 Å². The summed E-state index contributed by atoms with van der Waals surface area (Å²) in [6, 6.07) is 0. The molecule has 0 aromatic carbocycles. The van der Waals surface area contributed by atoms with Crippen molar-refractivity contribution in [3.05, 3.63) is 12.7 Å². The molecule has 3 nitrogen and oxygen atoms in total. The summed E-state index contributed by atoms with van der Waals surface area (Å²) in [7, 11) is 0. The van der Waals surface area contributed by atoms with Gasteiger partial charge in [-0.3, -0.25) is 4.79 Å². The van der Waals surface area contributed by atoms with Crippen LogP contribution in [0.15, 0.2) is 12.7 Å². The highest BCUT2D eigenvalue weighted by atomic mass is 16.4. The third-order valence-corrected chi connectivity index (χ3v) is 1.63. The number of rotatable bonds is 5. The maximum atomic E-state index is 10.3. The Hall–Kier alpha value is -0.830. The highest BCUT2D eigenvalue weighted by Gasteiger charge is 2.19. The van der Waals surface area contributed by atoms with E-state index in [9.17, 15) is 9.90 Å². The van der Waals surface area contributed by atoms with Crippen molar-refractivity contribution in [1.29, 1.82) is 0 Å². The topological polar surface area (TPSA) is 57.5 Å². The smallest absolute Gasteiger partial charge is 0.308 e. The number of carboxylic acids is 1. The van der Waals surface area contributed by atoms with E-state index < -0.39 is 18.0 Å². The van der Waals surface area contributed by atoms with E-state index in [0.29, 0.717) is 12.8 Å². The van der Waals surface area contributed by atoms with Gasteiger partial charge in [0.15, 0.2) is 0 Å². The van der Waals surface area contributed by atoms with E-state index in [2.05, 4.69) is 6.58 Å². The Labute approximate surface area is 66.4 Å². The van der Waals surface area contributed by atoms with E-state index in [1.54, 1.807) is 6.08 Å². The Morgan fingerprint density at radius 3 is 2.64 bits per heavy atom. The van der Waals surface area contributed by atoms with Gasteiger partial charge < -0.3 is 10.2 Å². The normalized spacial score (nSPS) is 15.5. The summed E-state index contributed by atoms with van der Waals surface area (Å²) in [6.45, 7) is 4.97. The predicted molar refractivity (Wildman–Crippen MR) is 42.2 cm³/mol. The second kappa shape index (κ2) is 4.91. The molecule has 0 spiro atoms. The van der Waals surface area contributed by atoms with Crippen molar-refractivity contribution in [2.45, 2.75) is 25.9 Å². The molecule has 0 aliphatic carbocycles. The first-order valence-corrected chi connectivity index (χ1v) is 3.61. The van der Waals surface area contributed by atoms with E-state index >= 15 is 0 Å². The molecule has 0 aromatic rings. The molecule has 11 heavy (non-hydrogen) atoms. The Morgan fingerprint density at radius 2 is 2.27 bits per heavy atom. The molecule has 0 aromatic heterocycles. The highest BCUT2D eigenvalue weighted by Crippen LogP contribution is 2.09. The zero-order valence-corrected chi connectivity index (χ0v) is 6.66. The van der Waals surface area contributed by atoms with Gasteiger partial charge in [-0.2, -0.15) is 0 Å². The molecule has 64 valence electrons. The van der Waals surface area contributed by atoms with E-state index in [-0.39, 0.29) is 0 Å². The third kappa shape index (κ3) is 3.78. The second-order valence-electron chi connectivity index (χ2n) is 2.56. The zero-order valence-electron chi connectivity index (χ0n) is 6.66. The number of carboxylic acid groups (broad SMARTS) is 1. The molecule has 0 aliphatic rings. The van der Waals surface area contributed by atoms with Gasteiger partial charge >= 0.3 is 5.97 Å². The monoisotopic (exact) mass is 158 g/mol. The molecule has 2 unspecified atom stereocenters. The van der Waals surface area contributed by atoms with Crippen molar-refractivity contribution in [2.24, 2.45) is 5.92 Å². The molecule has 0 bridgehead atoms. The van der Waals surface area contributed by atoms with Crippen LogP contribution in [-0.4, -0.2) is 22.3 Å². The van der Waals surface area contributed by atoms with Crippen LogP contribution in [0.5, 0.6) is 0 Å². The molecule has 0 heterocycles. The van der Waals surface area contributed by atoms with E-state index in [1.165, 1.54) is 6.92 Å². The van der Waals surface area contributed by atoms with Crippen molar-refractivity contribution < 1.29 is 15.0 Å². The number of carbonyl (C=O) groups is 1. The molecule has 0 radical (unpaired) electrons. The van der Waals surface area contributed by atoms with Crippen molar-refractivity contribution in [3.8, 4) is 0 Å². The first kappa shape index (κ1) is 10.2. The predicted octanol–water partition coefficient (Wildman–Crippen LogP) is 1.03. The summed E-state index contributed by atoms with van der Waals surface area (Å²) in [6.07, 6.45) is 2.03. The van der Waals surface area contributed by atoms with Crippen LogP contribution in [-0.2, 0) is 4.79 Å². The standard InChI is InChI=1S/C8H14O3/c1-3-4-5-7(9)6(2)8(10)11/h3,6-7,9H,1,4-5H2,2H3,(H,10,11). The first-order valence-electron chi connectivity index (χ1n) is 3.61. The lowest BCUT2D eigenvalue weighted by molar-refractivity contribution is -0.144. The van der Waals surface area contributed by atoms with Crippen LogP contribution >= 0.6 is 0 Å². The molecular formula is C8H14O3. The Balaban J connectivity index is 3.72. The van der Waals surface area contributed by atoms with Gasteiger partial charge in [-0.1, -0.05) is 6.08 Å². The Morgan fingerprint density at radius 1 is 1.73 bits per heavy atom. The number of aliphatic hydroxyl groups is 1. The fourth-order valence-electron chi connectivity index (χ4n) is 0.703. The SMILES string of the molecule is C=CCCC(O)C(C)C(=O)O. The molecule has 3 heteroatoms. The minimum absolute atomic E-state index is 0.469. The van der Waals surface area contributed by atoms with Gasteiger partial charge in [-0.05, 0) is 19.8 Å². The average Bonchev–Trinajstić information content (AvgIpc) is 1.98. The Kier molecular flexibility index (Phi) is 4.54. The van der Waals surface area contributed by atoms with E-state index in [1.807, 2.05) is 0 Å². The van der Waals surface area contributed by atoms with Crippen LogP contribution in [0.3, 0.4) is 0 Å². The molecule has 0 amide bonds. The zero-order chi connectivity index (χ0) is 8.85. The largest absolute Gasteiger partial charge is 0.481 e. The number of allylic oxidation sites excluding steroid dienone is 1. The van der Waals surface area contributed by atoms with Crippen molar-refractivity contribution in [2.75, 3.05) is 0 Å². The molecule has 0 fully saturated rings. The van der Waals surface area contributed by atoms with Gasteiger partial charge in [0, 0.05) is 0 Å². The van der Waals surface area contributed by atoms with Gasteiger partial charge in [0.1, 0.15) is 0 Å². The summed E-state index contributed by atoms with van der Waals surface area (Å²) in [5, 5.41) is 17.7. The first-order chi connectivity index (χ1) is 5.09. The Bertz CT molecular complexity index is 142. The number of hydrogen-bond donors (Lipinski definition) is 2. The van der Waals surface area contributed by atoms with Crippen molar-refractivity contribution in [1.82, 2.24) is 0 Å². The maximum Gasteiger partial charge on any atom is 0.308 e. The van der Waals surface area contributed by atoms with Crippen molar-refractivity contribution >= 4 is 5.97 Å². The number of aliphatic hydroxyl groups excluding tert-OH is 1. The lowest BCUT2D eigenvalue weighted by Gasteiger charge is -2.12. The lowest BCUT2D eigenvalue weighted by atomic mass is 10.0. The summed E-state index contributed by atoms with van der Waals surface area (Å²) < 4.78 is 0. The molecular weight excluding hydrogens is 144 g/mol. The van der Waals surface area contributed by atoms with Gasteiger partial charge in [0.05, 0.1) is 12.0 Å². The molecule has 2 N–H and O–H groups in total. The van der Waals surface area contributed by atoms with Crippen LogP contribution in [0.1, 0.15) is 19.8 Å². The molecule has 0 aliphatic heterocycles. The van der Waals surface area contributed by atoms with Crippen molar-refractivity contribution in [3.63, 3.8) is 0 Å². The number of hydrogen-bond acceptors (Lipinski definition) is 2. The van der Waals surface area contributed by atoms with Crippen LogP contribution in [0, 0.1) is 5.92 Å². The quantitative estimate of drug-likeness (QED) is 0.587. The fourth-order valence-corrected chi connectivity index (χ4v) is 0.703. The fraction of sp³-hybridized carbons (Fsp3) is 0.625. The summed E-state index contributed by atoms with van der Waals surface area (Å²) in [5.41, 5.74) is 0. The average molecular weight is 158 g/mol. The van der Waals surface area contributed by atoms with Crippen LogP contribution < -0.4 is 0 Å². The molecule has 0 saturated carbocycles. The summed E-state index contributed by atoms with van der Waals surface area (Å²) in [4.78, 5) is 10.3. The highest BCUT2D eigenvalue weighted by molar-refractivity contribution is 5.70. The summed E-state index contributed by atoms with van der Waals surface area (Å²) >= 11 is 0.